The lowest BCUT2D eigenvalue weighted by molar-refractivity contribution is -0.132. The molecule has 4 N–H and O–H groups in total. The van der Waals surface area contributed by atoms with Crippen molar-refractivity contribution in [1.29, 1.82) is 0 Å². The zero-order chi connectivity index (χ0) is 11.9. The van der Waals surface area contributed by atoms with Crippen LogP contribution in [0.4, 0.5) is 0 Å². The lowest BCUT2D eigenvalue weighted by Crippen LogP contribution is -2.63. The van der Waals surface area contributed by atoms with Crippen LogP contribution in [0, 0.1) is 0 Å². The molecule has 16 heavy (non-hydrogen) atoms. The number of carboxylic acids is 1. The van der Waals surface area contributed by atoms with Crippen molar-refractivity contribution in [3.8, 4) is 0 Å². The average Bonchev–Trinajstić information content (AvgIpc) is 2.24. The summed E-state index contributed by atoms with van der Waals surface area (Å²) in [6.07, 6.45) is 2.04. The number of aliphatic carboxylic acids is 1. The Hall–Kier alpha value is -0.620. The summed E-state index contributed by atoms with van der Waals surface area (Å²) in [4.78, 5) is 10.5. The van der Waals surface area contributed by atoms with Crippen LogP contribution in [0.1, 0.15) is 19.3 Å². The molecule has 0 aliphatic rings. The molecule has 0 unspecified atom stereocenters. The third-order valence-electron chi connectivity index (χ3n) is 2.61. The van der Waals surface area contributed by atoms with Gasteiger partial charge < -0.3 is 5.11 Å². The van der Waals surface area contributed by atoms with E-state index in [4.69, 9.17) is 5.11 Å². The van der Waals surface area contributed by atoms with Crippen LogP contribution in [-0.4, -0.2) is 38.0 Å². The van der Waals surface area contributed by atoms with Crippen molar-refractivity contribution in [3.63, 3.8) is 0 Å². The van der Waals surface area contributed by atoms with Crippen LogP contribution in [0.2, 0.25) is 0 Å². The van der Waals surface area contributed by atoms with Crippen LogP contribution < -0.4 is 16.0 Å². The number of hydrogen-bond acceptors (Lipinski definition) is 4. The van der Waals surface area contributed by atoms with Gasteiger partial charge in [-0.15, -0.1) is 12.4 Å². The molecule has 0 aromatic rings. The normalized spacial score (nSPS) is 10.7. The van der Waals surface area contributed by atoms with Gasteiger partial charge in [0.05, 0.1) is 0 Å². The Labute approximate surface area is 103 Å². The summed E-state index contributed by atoms with van der Waals surface area (Å²) >= 11 is 0. The third-order valence-corrected chi connectivity index (χ3v) is 2.61. The fourth-order valence-electron chi connectivity index (χ4n) is 1.42. The standard InChI is InChI=1S/C10H21N3O2.ClH/c1-8(9(14)15)6-5-7-10(11-2,12-3)13-4;/h11-13H,1,5-7H2,2-4H3,(H,14,15);1H. The molecule has 0 aliphatic heterocycles. The zero-order valence-electron chi connectivity index (χ0n) is 10.1. The largest absolute Gasteiger partial charge is 0.478 e. The summed E-state index contributed by atoms with van der Waals surface area (Å²) in [6, 6.07) is 0. The maximum Gasteiger partial charge on any atom is 0.330 e. The van der Waals surface area contributed by atoms with Crippen molar-refractivity contribution < 1.29 is 9.90 Å². The van der Waals surface area contributed by atoms with Gasteiger partial charge in [-0.05, 0) is 40.4 Å². The van der Waals surface area contributed by atoms with E-state index in [-0.39, 0.29) is 23.8 Å². The van der Waals surface area contributed by atoms with E-state index in [9.17, 15) is 4.79 Å². The minimum Gasteiger partial charge on any atom is -0.478 e. The highest BCUT2D eigenvalue weighted by Crippen LogP contribution is 2.11. The fourth-order valence-corrected chi connectivity index (χ4v) is 1.42. The molecule has 0 atom stereocenters. The summed E-state index contributed by atoms with van der Waals surface area (Å²) in [5.74, 6) is -1.25. The molecular formula is C10H22ClN3O2. The van der Waals surface area contributed by atoms with E-state index >= 15 is 0 Å². The molecule has 0 aliphatic carbocycles. The van der Waals surface area contributed by atoms with Crippen LogP contribution >= 0.6 is 12.4 Å². The molecule has 0 bridgehead atoms. The SMILES string of the molecule is C=C(CCCC(NC)(NC)NC)C(=O)O.Cl. The van der Waals surface area contributed by atoms with Crippen LogP contribution in [0.3, 0.4) is 0 Å². The highest BCUT2D eigenvalue weighted by Gasteiger charge is 2.22. The van der Waals surface area contributed by atoms with Gasteiger partial charge >= 0.3 is 5.97 Å². The number of halogens is 1. The Morgan fingerprint density at radius 3 is 2.00 bits per heavy atom. The van der Waals surface area contributed by atoms with Gasteiger partial charge in [-0.2, -0.15) is 0 Å². The smallest absolute Gasteiger partial charge is 0.330 e. The summed E-state index contributed by atoms with van der Waals surface area (Å²) in [6.45, 7) is 3.49. The molecule has 6 heteroatoms. The van der Waals surface area contributed by atoms with Gasteiger partial charge in [-0.1, -0.05) is 6.58 Å². The Morgan fingerprint density at radius 2 is 1.69 bits per heavy atom. The first-order valence-corrected chi connectivity index (χ1v) is 4.99. The van der Waals surface area contributed by atoms with E-state index in [1.807, 2.05) is 21.1 Å². The molecule has 5 nitrogen and oxygen atoms in total. The van der Waals surface area contributed by atoms with Gasteiger partial charge in [0.25, 0.3) is 0 Å². The van der Waals surface area contributed by atoms with Gasteiger partial charge in [-0.3, -0.25) is 16.0 Å². The fraction of sp³-hybridized carbons (Fsp3) is 0.700. The first kappa shape index (κ1) is 17.8. The topological polar surface area (TPSA) is 73.4 Å². The molecular weight excluding hydrogens is 230 g/mol. The summed E-state index contributed by atoms with van der Waals surface area (Å²) in [7, 11) is 5.54. The van der Waals surface area contributed by atoms with Crippen LogP contribution in [-0.2, 0) is 4.79 Å². The molecule has 0 heterocycles. The van der Waals surface area contributed by atoms with Crippen molar-refractivity contribution >= 4 is 18.4 Å². The number of rotatable bonds is 8. The van der Waals surface area contributed by atoms with Crippen LogP contribution in [0.5, 0.6) is 0 Å². The van der Waals surface area contributed by atoms with Gasteiger partial charge in [0.15, 0.2) is 0 Å². The minimum absolute atomic E-state index is 0. The lowest BCUT2D eigenvalue weighted by atomic mass is 10.1. The van der Waals surface area contributed by atoms with Crippen molar-refractivity contribution in [2.75, 3.05) is 21.1 Å². The highest BCUT2D eigenvalue weighted by molar-refractivity contribution is 5.85. The third kappa shape index (κ3) is 5.46. The van der Waals surface area contributed by atoms with Crippen LogP contribution in [0.25, 0.3) is 0 Å². The highest BCUT2D eigenvalue weighted by atomic mass is 35.5. The van der Waals surface area contributed by atoms with Gasteiger partial charge in [0, 0.05) is 5.57 Å². The maximum atomic E-state index is 10.5. The summed E-state index contributed by atoms with van der Waals surface area (Å²) < 4.78 is 0. The molecule has 0 spiro atoms. The molecule has 0 rings (SSSR count). The van der Waals surface area contributed by atoms with E-state index < -0.39 is 5.97 Å². The molecule has 0 saturated heterocycles. The first-order chi connectivity index (χ1) is 7.01. The Bertz CT molecular complexity index is 222. The van der Waals surface area contributed by atoms with E-state index in [2.05, 4.69) is 22.5 Å². The van der Waals surface area contributed by atoms with Crippen LogP contribution in [0.15, 0.2) is 12.2 Å². The number of nitrogens with one attached hydrogen (secondary N) is 3. The van der Waals surface area contributed by atoms with Crippen molar-refractivity contribution in [2.24, 2.45) is 0 Å². The summed E-state index contributed by atoms with van der Waals surface area (Å²) in [5.41, 5.74) is 0.257. The number of carboxylic acid groups (broad SMARTS) is 1. The van der Waals surface area contributed by atoms with Crippen molar-refractivity contribution in [1.82, 2.24) is 16.0 Å². The monoisotopic (exact) mass is 251 g/mol. The zero-order valence-corrected chi connectivity index (χ0v) is 10.9. The molecule has 0 radical (unpaired) electrons. The average molecular weight is 252 g/mol. The lowest BCUT2D eigenvalue weighted by Gasteiger charge is -2.33. The van der Waals surface area contributed by atoms with Gasteiger partial charge in [-0.25, -0.2) is 4.79 Å². The first-order valence-electron chi connectivity index (χ1n) is 4.99. The molecule has 96 valence electrons. The quantitative estimate of drug-likeness (QED) is 0.374. The van der Waals surface area contributed by atoms with Gasteiger partial charge in [0.2, 0.25) is 0 Å². The van der Waals surface area contributed by atoms with Crippen molar-refractivity contribution in [2.45, 2.75) is 25.0 Å². The Kier molecular flexibility index (Phi) is 9.46. The molecule has 0 aromatic carbocycles. The predicted octanol–water partition coefficient (Wildman–Crippen LogP) is 0.531. The second kappa shape index (κ2) is 8.52. The Balaban J connectivity index is 0. The number of hydrogen-bond donors (Lipinski definition) is 4. The van der Waals surface area contributed by atoms with E-state index in [1.165, 1.54) is 0 Å². The predicted molar refractivity (Wildman–Crippen MR) is 67.8 cm³/mol. The van der Waals surface area contributed by atoms with Crippen molar-refractivity contribution in [3.05, 3.63) is 12.2 Å². The van der Waals surface area contributed by atoms with E-state index in [0.29, 0.717) is 6.42 Å². The maximum absolute atomic E-state index is 10.5. The second-order valence-corrected chi connectivity index (χ2v) is 3.42. The molecule has 0 aromatic heterocycles. The van der Waals surface area contributed by atoms with E-state index in [0.717, 1.165) is 12.8 Å². The molecule has 0 amide bonds. The summed E-state index contributed by atoms with van der Waals surface area (Å²) in [5, 5.41) is 18.0. The van der Waals surface area contributed by atoms with Gasteiger partial charge in [0.1, 0.15) is 5.79 Å². The Morgan fingerprint density at radius 1 is 1.25 bits per heavy atom. The second-order valence-electron chi connectivity index (χ2n) is 3.42. The van der Waals surface area contributed by atoms with E-state index in [1.54, 1.807) is 0 Å². The number of carbonyl (C=O) groups is 1. The minimum atomic E-state index is -0.918. The molecule has 0 saturated carbocycles. The molecule has 0 fully saturated rings.